The molecule has 2 rings (SSSR count). The number of halogens is 1. The van der Waals surface area contributed by atoms with Crippen molar-refractivity contribution >= 4 is 35.0 Å². The summed E-state index contributed by atoms with van der Waals surface area (Å²) < 4.78 is 0. The summed E-state index contributed by atoms with van der Waals surface area (Å²) in [7, 11) is 0. The largest absolute Gasteiger partial charge is 0.478 e. The van der Waals surface area contributed by atoms with Crippen LogP contribution in [0.25, 0.3) is 0 Å². The van der Waals surface area contributed by atoms with Crippen molar-refractivity contribution in [2.24, 2.45) is 0 Å². The molecule has 1 aromatic carbocycles. The highest BCUT2D eigenvalue weighted by Gasteiger charge is 2.21. The van der Waals surface area contributed by atoms with E-state index >= 15 is 0 Å². The number of carboxylic acids is 1. The van der Waals surface area contributed by atoms with Crippen molar-refractivity contribution in [3.8, 4) is 0 Å². The monoisotopic (exact) mass is 299 g/mol. The molecule has 5 heteroatoms. The Bertz CT molecular complexity index is 467. The minimum atomic E-state index is -0.950. The molecule has 0 radical (unpaired) electrons. The minimum Gasteiger partial charge on any atom is -0.478 e. The van der Waals surface area contributed by atoms with Crippen LogP contribution in [0.3, 0.4) is 0 Å². The second-order valence-electron chi connectivity index (χ2n) is 4.87. The quantitative estimate of drug-likeness (QED) is 0.878. The predicted molar refractivity (Wildman–Crippen MR) is 81.6 cm³/mol. The number of anilines is 1. The molecule has 2 N–H and O–H groups in total. The molecule has 1 aliphatic carbocycles. The number of rotatable bonds is 4. The number of thioether (sulfide) groups is 1. The van der Waals surface area contributed by atoms with Gasteiger partial charge in [0.25, 0.3) is 0 Å². The first-order valence-corrected chi connectivity index (χ1v) is 8.09. The fraction of sp³-hybridized carbons (Fsp3) is 0.500. The van der Waals surface area contributed by atoms with Crippen molar-refractivity contribution in [2.45, 2.75) is 37.0 Å². The summed E-state index contributed by atoms with van der Waals surface area (Å²) in [6, 6.07) is 5.28. The van der Waals surface area contributed by atoms with E-state index in [1.54, 1.807) is 12.1 Å². The maximum absolute atomic E-state index is 10.9. The molecule has 3 nitrogen and oxygen atoms in total. The van der Waals surface area contributed by atoms with E-state index in [1.165, 1.54) is 18.9 Å². The normalized spacial score (nSPS) is 23.1. The van der Waals surface area contributed by atoms with E-state index in [-0.39, 0.29) is 5.56 Å². The molecule has 0 bridgehead atoms. The summed E-state index contributed by atoms with van der Waals surface area (Å²) >= 11 is 8.05. The molecule has 1 aromatic rings. The van der Waals surface area contributed by atoms with Gasteiger partial charge in [-0.15, -0.1) is 0 Å². The van der Waals surface area contributed by atoms with Gasteiger partial charge in [-0.2, -0.15) is 11.8 Å². The van der Waals surface area contributed by atoms with Crippen molar-refractivity contribution in [2.75, 3.05) is 11.6 Å². The van der Waals surface area contributed by atoms with Crippen molar-refractivity contribution in [3.05, 3.63) is 28.8 Å². The molecule has 0 spiro atoms. The molecule has 1 saturated carbocycles. The van der Waals surface area contributed by atoms with Crippen LogP contribution in [-0.2, 0) is 0 Å². The maximum atomic E-state index is 10.9. The highest BCUT2D eigenvalue weighted by atomic mass is 35.5. The van der Waals surface area contributed by atoms with E-state index in [9.17, 15) is 4.79 Å². The van der Waals surface area contributed by atoms with Crippen molar-refractivity contribution in [1.29, 1.82) is 0 Å². The fourth-order valence-corrected chi connectivity index (χ4v) is 3.54. The standard InChI is InChI=1S/C14H18ClNO2S/c1-19-11-4-2-3-10(8-11)16-13-6-5-9(14(17)18)7-12(13)15/h5-7,10-11,16H,2-4,8H2,1H3,(H,17,18). The summed E-state index contributed by atoms with van der Waals surface area (Å²) in [5, 5.41) is 13.5. The van der Waals surface area contributed by atoms with Crippen LogP contribution in [-0.4, -0.2) is 28.6 Å². The molecule has 0 heterocycles. The van der Waals surface area contributed by atoms with Gasteiger partial charge in [-0.05, 0) is 43.7 Å². The van der Waals surface area contributed by atoms with Crippen LogP contribution in [0.4, 0.5) is 5.69 Å². The average Bonchev–Trinajstić information content (AvgIpc) is 2.41. The van der Waals surface area contributed by atoms with E-state index in [0.29, 0.717) is 16.3 Å². The summed E-state index contributed by atoms with van der Waals surface area (Å²) in [5.41, 5.74) is 1.06. The van der Waals surface area contributed by atoms with Gasteiger partial charge in [-0.1, -0.05) is 18.0 Å². The summed E-state index contributed by atoms with van der Waals surface area (Å²) in [6.45, 7) is 0. The lowest BCUT2D eigenvalue weighted by atomic mass is 9.94. The third kappa shape index (κ3) is 3.80. The number of carboxylic acid groups (broad SMARTS) is 1. The first-order chi connectivity index (χ1) is 9.10. The van der Waals surface area contributed by atoms with E-state index in [4.69, 9.17) is 16.7 Å². The molecule has 2 atom stereocenters. The highest BCUT2D eigenvalue weighted by molar-refractivity contribution is 7.99. The van der Waals surface area contributed by atoms with Crippen molar-refractivity contribution in [1.82, 2.24) is 0 Å². The third-order valence-corrected chi connectivity index (χ3v) is 4.94. The van der Waals surface area contributed by atoms with E-state index in [2.05, 4.69) is 11.6 Å². The van der Waals surface area contributed by atoms with Crippen molar-refractivity contribution in [3.63, 3.8) is 0 Å². The Balaban J connectivity index is 2.04. The molecule has 104 valence electrons. The van der Waals surface area contributed by atoms with Gasteiger partial charge in [-0.25, -0.2) is 4.79 Å². The fourth-order valence-electron chi connectivity index (χ4n) is 2.48. The smallest absolute Gasteiger partial charge is 0.335 e. The maximum Gasteiger partial charge on any atom is 0.335 e. The average molecular weight is 300 g/mol. The lowest BCUT2D eigenvalue weighted by Gasteiger charge is -2.29. The summed E-state index contributed by atoms with van der Waals surface area (Å²) in [4.78, 5) is 10.9. The van der Waals surface area contributed by atoms with E-state index in [1.807, 2.05) is 11.8 Å². The molecule has 0 aromatic heterocycles. The number of carbonyl (C=O) groups is 1. The van der Waals surface area contributed by atoms with E-state index < -0.39 is 5.97 Å². The van der Waals surface area contributed by atoms with Gasteiger partial charge in [0.05, 0.1) is 16.3 Å². The van der Waals surface area contributed by atoms with Gasteiger partial charge in [0.1, 0.15) is 0 Å². The SMILES string of the molecule is CSC1CCCC(Nc2ccc(C(=O)O)cc2Cl)C1. The molecule has 0 saturated heterocycles. The Hall–Kier alpha value is -0.870. The summed E-state index contributed by atoms with van der Waals surface area (Å²) in [5.74, 6) is -0.950. The van der Waals surface area contributed by atoms with Crippen LogP contribution in [0.5, 0.6) is 0 Å². The minimum absolute atomic E-state index is 0.223. The second kappa shape index (κ2) is 6.53. The van der Waals surface area contributed by atoms with Gasteiger partial charge in [0.2, 0.25) is 0 Å². The van der Waals surface area contributed by atoms with Crippen LogP contribution in [0.15, 0.2) is 18.2 Å². The molecule has 19 heavy (non-hydrogen) atoms. The van der Waals surface area contributed by atoms with Crippen LogP contribution in [0.2, 0.25) is 5.02 Å². The Morgan fingerprint density at radius 2 is 2.26 bits per heavy atom. The zero-order valence-corrected chi connectivity index (χ0v) is 12.4. The lowest BCUT2D eigenvalue weighted by Crippen LogP contribution is -2.28. The first-order valence-electron chi connectivity index (χ1n) is 6.42. The molecule has 1 fully saturated rings. The predicted octanol–water partition coefficient (Wildman–Crippen LogP) is 4.12. The third-order valence-electron chi connectivity index (χ3n) is 3.54. The number of benzene rings is 1. The Morgan fingerprint density at radius 3 is 2.89 bits per heavy atom. The van der Waals surface area contributed by atoms with Gasteiger partial charge in [0, 0.05) is 11.3 Å². The lowest BCUT2D eigenvalue weighted by molar-refractivity contribution is 0.0697. The molecule has 0 aliphatic heterocycles. The van der Waals surface area contributed by atoms with Gasteiger partial charge < -0.3 is 10.4 Å². The number of nitrogens with one attached hydrogen (secondary N) is 1. The van der Waals surface area contributed by atoms with Crippen LogP contribution in [0, 0.1) is 0 Å². The molecule has 1 aliphatic rings. The Labute approximate surface area is 122 Å². The number of hydrogen-bond donors (Lipinski definition) is 2. The number of hydrogen-bond acceptors (Lipinski definition) is 3. The first kappa shape index (κ1) is 14.5. The van der Waals surface area contributed by atoms with Crippen LogP contribution >= 0.6 is 23.4 Å². The molecular formula is C14H18ClNO2S. The second-order valence-corrected chi connectivity index (χ2v) is 6.41. The number of aromatic carboxylic acids is 1. The molecular weight excluding hydrogens is 282 g/mol. The molecule has 0 amide bonds. The zero-order valence-electron chi connectivity index (χ0n) is 10.9. The molecule has 2 unspecified atom stereocenters. The zero-order chi connectivity index (χ0) is 13.8. The highest BCUT2D eigenvalue weighted by Crippen LogP contribution is 2.31. The van der Waals surface area contributed by atoms with Gasteiger partial charge >= 0.3 is 5.97 Å². The van der Waals surface area contributed by atoms with Crippen LogP contribution in [0.1, 0.15) is 36.0 Å². The van der Waals surface area contributed by atoms with Gasteiger partial charge in [0.15, 0.2) is 0 Å². The van der Waals surface area contributed by atoms with E-state index in [0.717, 1.165) is 18.5 Å². The Morgan fingerprint density at radius 1 is 1.47 bits per heavy atom. The van der Waals surface area contributed by atoms with Crippen molar-refractivity contribution < 1.29 is 9.90 Å². The van der Waals surface area contributed by atoms with Crippen LogP contribution < -0.4 is 5.32 Å². The van der Waals surface area contributed by atoms with Gasteiger partial charge in [-0.3, -0.25) is 0 Å². The Kier molecular flexibility index (Phi) is 4.99. The topological polar surface area (TPSA) is 49.3 Å². The summed E-state index contributed by atoms with van der Waals surface area (Å²) in [6.07, 6.45) is 6.95.